The minimum atomic E-state index is -0.179. The molecule has 2 N–H and O–H groups in total. The summed E-state index contributed by atoms with van der Waals surface area (Å²) < 4.78 is 5.43. The number of nitrogens with one attached hydrogen (secondary N) is 2. The topological polar surface area (TPSA) is 83.8 Å². The molecule has 6 nitrogen and oxygen atoms in total. The summed E-state index contributed by atoms with van der Waals surface area (Å²) in [5.74, 6) is 2.52. The lowest BCUT2D eigenvalue weighted by atomic mass is 10.4. The van der Waals surface area contributed by atoms with Gasteiger partial charge in [0.1, 0.15) is 17.4 Å². The van der Waals surface area contributed by atoms with Crippen LogP contribution in [0.2, 0.25) is 0 Å². The van der Waals surface area contributed by atoms with Crippen molar-refractivity contribution >= 4 is 5.82 Å². The number of hydrogen-bond donors (Lipinski definition) is 2. The van der Waals surface area contributed by atoms with Crippen LogP contribution in [0.4, 0.5) is 5.82 Å². The van der Waals surface area contributed by atoms with E-state index in [1.807, 2.05) is 6.92 Å². The number of hydrogen-bond acceptors (Lipinski definition) is 5. The van der Waals surface area contributed by atoms with E-state index in [9.17, 15) is 4.79 Å². The SMILES string of the molecule is CCc1cnc(CNc2cc(=O)[nH]c(C)n2)o1. The Morgan fingerprint density at radius 2 is 2.35 bits per heavy atom. The van der Waals surface area contributed by atoms with Crippen molar-refractivity contribution in [2.45, 2.75) is 26.8 Å². The summed E-state index contributed by atoms with van der Waals surface area (Å²) in [6.07, 6.45) is 2.52. The van der Waals surface area contributed by atoms with Gasteiger partial charge in [-0.1, -0.05) is 6.92 Å². The highest BCUT2D eigenvalue weighted by molar-refractivity contribution is 5.32. The molecule has 0 bridgehead atoms. The van der Waals surface area contributed by atoms with Gasteiger partial charge in [-0.05, 0) is 6.92 Å². The lowest BCUT2D eigenvalue weighted by Gasteiger charge is -2.02. The Hall–Kier alpha value is -2.11. The number of aryl methyl sites for hydroxylation is 2. The molecular weight excluding hydrogens is 220 g/mol. The molecule has 17 heavy (non-hydrogen) atoms. The molecule has 90 valence electrons. The third kappa shape index (κ3) is 2.93. The number of H-pyrrole nitrogens is 1. The monoisotopic (exact) mass is 234 g/mol. The van der Waals surface area contributed by atoms with Crippen LogP contribution < -0.4 is 10.9 Å². The third-order valence-electron chi connectivity index (χ3n) is 2.23. The molecule has 2 aromatic rings. The second-order valence-corrected chi connectivity index (χ2v) is 3.64. The van der Waals surface area contributed by atoms with Crippen molar-refractivity contribution in [3.8, 4) is 0 Å². The van der Waals surface area contributed by atoms with Gasteiger partial charge in [0.2, 0.25) is 5.89 Å². The van der Waals surface area contributed by atoms with Gasteiger partial charge in [-0.15, -0.1) is 0 Å². The van der Waals surface area contributed by atoms with Gasteiger partial charge in [-0.2, -0.15) is 0 Å². The molecule has 0 atom stereocenters. The van der Waals surface area contributed by atoms with Crippen molar-refractivity contribution in [3.05, 3.63) is 40.1 Å². The van der Waals surface area contributed by atoms with Gasteiger partial charge in [0.25, 0.3) is 5.56 Å². The molecule has 2 heterocycles. The molecule has 2 rings (SSSR count). The number of aromatic nitrogens is 3. The largest absolute Gasteiger partial charge is 0.444 e. The summed E-state index contributed by atoms with van der Waals surface area (Å²) in [6.45, 7) is 4.14. The van der Waals surface area contributed by atoms with E-state index in [1.165, 1.54) is 6.07 Å². The first-order chi connectivity index (χ1) is 8.17. The predicted octanol–water partition coefficient (Wildman–Crippen LogP) is 1.24. The van der Waals surface area contributed by atoms with E-state index in [-0.39, 0.29) is 5.56 Å². The molecule has 0 aliphatic heterocycles. The molecule has 0 aliphatic carbocycles. The summed E-state index contributed by atoms with van der Waals surface area (Å²) >= 11 is 0. The summed E-state index contributed by atoms with van der Waals surface area (Å²) in [5, 5.41) is 2.99. The molecule has 0 aromatic carbocycles. The first-order valence-electron chi connectivity index (χ1n) is 5.43. The zero-order chi connectivity index (χ0) is 12.3. The Bertz CT molecular complexity index is 559. The minimum Gasteiger partial charge on any atom is -0.444 e. The van der Waals surface area contributed by atoms with Crippen molar-refractivity contribution in [1.82, 2.24) is 15.0 Å². The molecule has 0 aliphatic rings. The number of rotatable bonds is 4. The molecule has 0 saturated heterocycles. The van der Waals surface area contributed by atoms with Crippen LogP contribution in [-0.4, -0.2) is 15.0 Å². The average Bonchev–Trinajstić information content (AvgIpc) is 2.73. The Morgan fingerprint density at radius 3 is 3.00 bits per heavy atom. The number of aromatic amines is 1. The van der Waals surface area contributed by atoms with Crippen LogP contribution in [0.5, 0.6) is 0 Å². The average molecular weight is 234 g/mol. The van der Waals surface area contributed by atoms with E-state index in [0.717, 1.165) is 12.2 Å². The van der Waals surface area contributed by atoms with Crippen molar-refractivity contribution < 1.29 is 4.42 Å². The fraction of sp³-hybridized carbons (Fsp3) is 0.364. The second kappa shape index (κ2) is 4.82. The maximum Gasteiger partial charge on any atom is 0.252 e. The second-order valence-electron chi connectivity index (χ2n) is 3.64. The summed E-state index contributed by atoms with van der Waals surface area (Å²) in [6, 6.07) is 1.40. The van der Waals surface area contributed by atoms with Crippen LogP contribution >= 0.6 is 0 Å². The fourth-order valence-corrected chi connectivity index (χ4v) is 1.43. The number of oxazole rings is 1. The molecular formula is C11H14N4O2. The van der Waals surface area contributed by atoms with Gasteiger partial charge in [0.05, 0.1) is 12.7 Å². The van der Waals surface area contributed by atoms with Crippen LogP contribution in [0.3, 0.4) is 0 Å². The van der Waals surface area contributed by atoms with Crippen LogP contribution in [0.25, 0.3) is 0 Å². The third-order valence-corrected chi connectivity index (χ3v) is 2.23. The maximum atomic E-state index is 11.2. The number of anilines is 1. The quantitative estimate of drug-likeness (QED) is 0.831. The fourth-order valence-electron chi connectivity index (χ4n) is 1.43. The summed E-state index contributed by atoms with van der Waals surface area (Å²) in [5.41, 5.74) is -0.179. The summed E-state index contributed by atoms with van der Waals surface area (Å²) in [7, 11) is 0. The van der Waals surface area contributed by atoms with Crippen LogP contribution in [0.1, 0.15) is 24.4 Å². The summed E-state index contributed by atoms with van der Waals surface area (Å²) in [4.78, 5) is 22.0. The van der Waals surface area contributed by atoms with E-state index < -0.39 is 0 Å². The van der Waals surface area contributed by atoms with Crippen molar-refractivity contribution in [3.63, 3.8) is 0 Å². The highest BCUT2D eigenvalue weighted by Crippen LogP contribution is 2.06. The van der Waals surface area contributed by atoms with E-state index in [2.05, 4.69) is 20.3 Å². The highest BCUT2D eigenvalue weighted by atomic mass is 16.4. The van der Waals surface area contributed by atoms with Crippen molar-refractivity contribution in [2.75, 3.05) is 5.32 Å². The Morgan fingerprint density at radius 1 is 1.53 bits per heavy atom. The van der Waals surface area contributed by atoms with Gasteiger partial charge in [0.15, 0.2) is 0 Å². The molecule has 0 radical (unpaired) electrons. The molecule has 0 amide bonds. The van der Waals surface area contributed by atoms with Gasteiger partial charge in [0, 0.05) is 12.5 Å². The molecule has 0 saturated carbocycles. The van der Waals surface area contributed by atoms with Gasteiger partial charge in [-0.3, -0.25) is 4.79 Å². The first-order valence-corrected chi connectivity index (χ1v) is 5.43. The number of nitrogens with zero attached hydrogens (tertiary/aromatic N) is 2. The van der Waals surface area contributed by atoms with Crippen LogP contribution in [-0.2, 0) is 13.0 Å². The molecule has 0 fully saturated rings. The first kappa shape index (κ1) is 11.4. The van der Waals surface area contributed by atoms with Gasteiger partial charge in [-0.25, -0.2) is 9.97 Å². The zero-order valence-corrected chi connectivity index (χ0v) is 9.78. The van der Waals surface area contributed by atoms with Crippen molar-refractivity contribution in [1.29, 1.82) is 0 Å². The molecule has 0 spiro atoms. The molecule has 0 unspecified atom stereocenters. The lowest BCUT2D eigenvalue weighted by molar-refractivity contribution is 0.465. The van der Waals surface area contributed by atoms with Gasteiger partial charge >= 0.3 is 0 Å². The van der Waals surface area contributed by atoms with Gasteiger partial charge < -0.3 is 14.7 Å². The highest BCUT2D eigenvalue weighted by Gasteiger charge is 2.03. The van der Waals surface area contributed by atoms with E-state index >= 15 is 0 Å². The van der Waals surface area contributed by atoms with Crippen molar-refractivity contribution in [2.24, 2.45) is 0 Å². The molecule has 2 aromatic heterocycles. The molecule has 6 heteroatoms. The van der Waals surface area contributed by atoms with E-state index in [0.29, 0.717) is 24.1 Å². The van der Waals surface area contributed by atoms with E-state index in [4.69, 9.17) is 4.42 Å². The minimum absolute atomic E-state index is 0.179. The Balaban J connectivity index is 2.04. The smallest absolute Gasteiger partial charge is 0.252 e. The van der Waals surface area contributed by atoms with Crippen LogP contribution in [0, 0.1) is 6.92 Å². The Kier molecular flexibility index (Phi) is 3.22. The standard InChI is InChI=1S/C11H14N4O2/c1-3-8-5-13-11(17-8)6-12-9-4-10(16)15-7(2)14-9/h4-5H,3,6H2,1-2H3,(H2,12,14,15,16). The van der Waals surface area contributed by atoms with Crippen LogP contribution in [0.15, 0.2) is 21.5 Å². The lowest BCUT2D eigenvalue weighted by Crippen LogP contribution is -2.11. The Labute approximate surface area is 98.1 Å². The predicted molar refractivity (Wildman–Crippen MR) is 62.8 cm³/mol. The zero-order valence-electron chi connectivity index (χ0n) is 9.78. The van der Waals surface area contributed by atoms with E-state index in [1.54, 1.807) is 13.1 Å². The maximum absolute atomic E-state index is 11.2. The normalized spacial score (nSPS) is 10.5.